The summed E-state index contributed by atoms with van der Waals surface area (Å²) in [5.74, 6) is 0.800. The molecule has 3 N–H and O–H groups in total. The van der Waals surface area contributed by atoms with E-state index < -0.39 is 0 Å². The number of nitrogens with zero attached hydrogens (tertiary/aromatic N) is 5. The lowest BCUT2D eigenvalue weighted by Crippen LogP contribution is -2.38. The molecule has 10 heteroatoms. The Balaban J connectivity index is 1.86. The van der Waals surface area contributed by atoms with Gasteiger partial charge in [-0.1, -0.05) is 0 Å². The molecule has 4 heterocycles. The van der Waals surface area contributed by atoms with Crippen molar-refractivity contribution >= 4 is 37.7 Å². The lowest BCUT2D eigenvalue weighted by molar-refractivity contribution is 0.237. The van der Waals surface area contributed by atoms with Crippen LogP contribution in [0.4, 0.5) is 0 Å². The van der Waals surface area contributed by atoms with Crippen LogP contribution in [0.1, 0.15) is 18.2 Å². The highest BCUT2D eigenvalue weighted by molar-refractivity contribution is 9.18. The third-order valence-corrected chi connectivity index (χ3v) is 6.41. The molecule has 32 heavy (non-hydrogen) atoms. The molecule has 4 rings (SSSR count). The van der Waals surface area contributed by atoms with Crippen molar-refractivity contribution in [2.45, 2.75) is 19.9 Å². The van der Waals surface area contributed by atoms with Gasteiger partial charge in [0, 0.05) is 50.1 Å². The van der Waals surface area contributed by atoms with Gasteiger partial charge in [0.25, 0.3) is 0 Å². The van der Waals surface area contributed by atoms with E-state index in [-0.39, 0.29) is 12.0 Å². The number of aromatic nitrogens is 2. The monoisotopic (exact) mass is 500 g/mol. The van der Waals surface area contributed by atoms with Gasteiger partial charge in [-0.15, -0.1) is 0 Å². The van der Waals surface area contributed by atoms with Crippen LogP contribution in [0.2, 0.25) is 0 Å². The molecule has 0 spiro atoms. The molecule has 2 unspecified atom stereocenters. The van der Waals surface area contributed by atoms with E-state index >= 15 is 0 Å². The number of likely N-dealkylation sites (N-methyl/N-ethyl adjacent to an activating group) is 1. The first-order valence-corrected chi connectivity index (χ1v) is 11.4. The molecule has 1 saturated heterocycles. The van der Waals surface area contributed by atoms with E-state index in [0.29, 0.717) is 24.3 Å². The molecule has 0 aliphatic carbocycles. The lowest BCUT2D eigenvalue weighted by atomic mass is 9.90. The van der Waals surface area contributed by atoms with Gasteiger partial charge in [0.2, 0.25) is 5.88 Å². The number of halogens is 1. The summed E-state index contributed by atoms with van der Waals surface area (Å²) in [5.41, 5.74) is 12.9. The first-order chi connectivity index (χ1) is 15.3. The third-order valence-electron chi connectivity index (χ3n) is 5.98. The number of allylic oxidation sites excluding steroid dienone is 2. The highest BCUT2D eigenvalue weighted by Gasteiger charge is 2.36. The quantitative estimate of drug-likeness (QED) is 0.513. The van der Waals surface area contributed by atoms with Crippen LogP contribution >= 0.6 is 15.9 Å². The first-order valence-electron chi connectivity index (χ1n) is 10.6. The van der Waals surface area contributed by atoms with Gasteiger partial charge in [-0.2, -0.15) is 5.10 Å². The maximum atomic E-state index is 8.23. The molecule has 3 aliphatic heterocycles. The van der Waals surface area contributed by atoms with Crippen LogP contribution in [0.25, 0.3) is 5.70 Å². The van der Waals surface area contributed by atoms with Crippen molar-refractivity contribution in [3.05, 3.63) is 40.8 Å². The van der Waals surface area contributed by atoms with Gasteiger partial charge in [0.05, 0.1) is 28.7 Å². The van der Waals surface area contributed by atoms with Crippen LogP contribution in [0.5, 0.6) is 5.88 Å². The Morgan fingerprint density at radius 3 is 2.81 bits per heavy atom. The number of rotatable bonds is 1. The molecule has 0 amide bonds. The summed E-state index contributed by atoms with van der Waals surface area (Å²) >= 11 is 3.35. The van der Waals surface area contributed by atoms with E-state index in [1.54, 1.807) is 11.7 Å². The Kier molecular flexibility index (Phi) is 6.45. The Hall–Kier alpha value is -2.56. The molecule has 2 atom stereocenters. The largest absolute Gasteiger partial charge is 0.476 e. The summed E-state index contributed by atoms with van der Waals surface area (Å²) in [6.07, 6.45) is 6.14. The molecule has 0 aromatic carbocycles. The van der Waals surface area contributed by atoms with Gasteiger partial charge in [-0.25, -0.2) is 10.1 Å². The molecule has 1 fully saturated rings. The van der Waals surface area contributed by atoms with Crippen molar-refractivity contribution in [1.82, 2.24) is 25.5 Å². The van der Waals surface area contributed by atoms with Gasteiger partial charge < -0.3 is 10.2 Å². The van der Waals surface area contributed by atoms with Gasteiger partial charge in [0.15, 0.2) is 0 Å². The van der Waals surface area contributed by atoms with Crippen LogP contribution in [0.3, 0.4) is 0 Å². The van der Waals surface area contributed by atoms with Crippen LogP contribution in [-0.2, 0) is 7.05 Å². The zero-order chi connectivity index (χ0) is 23.0. The average molecular weight is 501 g/mol. The van der Waals surface area contributed by atoms with Gasteiger partial charge in [-0.3, -0.25) is 20.3 Å². The van der Waals surface area contributed by atoms with E-state index in [1.807, 2.05) is 40.1 Å². The minimum Gasteiger partial charge on any atom is -0.476 e. The zero-order valence-corrected chi connectivity index (χ0v) is 20.6. The van der Waals surface area contributed by atoms with Crippen molar-refractivity contribution in [2.75, 3.05) is 33.8 Å². The van der Waals surface area contributed by atoms with Crippen LogP contribution in [0, 0.1) is 18.3 Å². The second-order valence-corrected chi connectivity index (χ2v) is 9.03. The predicted molar refractivity (Wildman–Crippen MR) is 132 cm³/mol. The lowest BCUT2D eigenvalue weighted by Gasteiger charge is -2.22. The van der Waals surface area contributed by atoms with Gasteiger partial charge in [0.1, 0.15) is 11.2 Å². The van der Waals surface area contributed by atoms with Gasteiger partial charge >= 0.3 is 0 Å². The standard InChI is InChI=1S/C22H29BrN8O/c1-12-19-17-10-15-16(27-28-20(15)13(2)26-17)7-6-14(21(23)24)18(25-3)11-30(4)8-9-32-22(19)31(5)29-12/h6-7,10,15,20,24,27-28H,8-9,11H2,1-5H3/b14-6-,16-7+,24-21?,25-18?. The maximum Gasteiger partial charge on any atom is 0.221 e. The molecular weight excluding hydrogens is 472 g/mol. The molecular formula is C22H29BrN8O. The van der Waals surface area contributed by atoms with Gasteiger partial charge in [-0.05, 0) is 55.1 Å². The topological polar surface area (TPSA) is 103 Å². The van der Waals surface area contributed by atoms with E-state index in [0.717, 1.165) is 45.5 Å². The highest BCUT2D eigenvalue weighted by Crippen LogP contribution is 2.36. The smallest absolute Gasteiger partial charge is 0.221 e. The van der Waals surface area contributed by atoms with Crippen molar-refractivity contribution in [1.29, 1.82) is 5.41 Å². The number of hydrogen-bond donors (Lipinski definition) is 3. The van der Waals surface area contributed by atoms with Crippen molar-refractivity contribution in [3.8, 4) is 5.88 Å². The van der Waals surface area contributed by atoms with E-state index in [4.69, 9.17) is 15.1 Å². The molecule has 0 saturated carbocycles. The van der Waals surface area contributed by atoms with Crippen molar-refractivity contribution < 1.29 is 4.74 Å². The molecule has 1 aromatic rings. The normalized spacial score (nSPS) is 28.6. The Labute approximate surface area is 196 Å². The molecule has 9 nitrogen and oxygen atoms in total. The summed E-state index contributed by atoms with van der Waals surface area (Å²) in [4.78, 5) is 11.5. The van der Waals surface area contributed by atoms with Crippen LogP contribution in [-0.4, -0.2) is 70.6 Å². The third kappa shape index (κ3) is 4.22. The fourth-order valence-corrected chi connectivity index (χ4v) is 4.66. The fraction of sp³-hybridized carbons (Fsp3) is 0.455. The Morgan fingerprint density at radius 1 is 1.31 bits per heavy atom. The van der Waals surface area contributed by atoms with Crippen LogP contribution < -0.4 is 15.6 Å². The molecule has 1 aromatic heterocycles. The second kappa shape index (κ2) is 9.13. The molecule has 2 bridgehead atoms. The molecule has 3 aliphatic rings. The highest BCUT2D eigenvalue weighted by atomic mass is 79.9. The number of aliphatic imine (C=N–C) groups is 2. The summed E-state index contributed by atoms with van der Waals surface area (Å²) in [5, 5.41) is 12.8. The molecule has 170 valence electrons. The SMILES string of the molecule is CN=C1CN(C)CCOc2c(c(C)nn2C)C2=CC3/C(=C\C=C\1C(=N)Br)NNC3C(C)=N2. The fourth-order valence-electron chi connectivity index (χ4n) is 4.30. The summed E-state index contributed by atoms with van der Waals surface area (Å²) in [6.45, 7) is 5.82. The van der Waals surface area contributed by atoms with E-state index in [1.165, 1.54) is 0 Å². The number of ether oxygens (including phenoxy) is 1. The first kappa shape index (κ1) is 22.6. The summed E-state index contributed by atoms with van der Waals surface area (Å²) < 4.78 is 8.31. The minimum absolute atomic E-state index is 0.0627. The second-order valence-electron chi connectivity index (χ2n) is 8.24. The minimum atomic E-state index is 0.0627. The van der Waals surface area contributed by atoms with E-state index in [2.05, 4.69) is 47.8 Å². The van der Waals surface area contributed by atoms with Crippen molar-refractivity contribution in [2.24, 2.45) is 23.0 Å². The number of fused-ring (bicyclic) bond motifs is 2. The van der Waals surface area contributed by atoms with Crippen molar-refractivity contribution in [3.63, 3.8) is 0 Å². The number of nitrogens with one attached hydrogen (secondary N) is 3. The predicted octanol–water partition coefficient (Wildman–Crippen LogP) is 2.21. The summed E-state index contributed by atoms with van der Waals surface area (Å²) in [7, 11) is 5.68. The Morgan fingerprint density at radius 2 is 2.09 bits per heavy atom. The molecule has 0 radical (unpaired) electrons. The number of hydrogen-bond acceptors (Lipinski definition) is 8. The maximum absolute atomic E-state index is 8.23. The Bertz CT molecular complexity index is 1090. The summed E-state index contributed by atoms with van der Waals surface area (Å²) in [6, 6.07) is 0.0627. The number of hydrazine groups is 1. The average Bonchev–Trinajstić information content (AvgIpc) is 3.26. The number of aryl methyl sites for hydroxylation is 2. The zero-order valence-electron chi connectivity index (χ0n) is 19.0. The van der Waals surface area contributed by atoms with Crippen LogP contribution in [0.15, 0.2) is 39.5 Å². The van der Waals surface area contributed by atoms with E-state index in [9.17, 15) is 0 Å².